The van der Waals surface area contributed by atoms with Crippen molar-refractivity contribution in [3.63, 3.8) is 0 Å². The molecule has 122 valence electrons. The third kappa shape index (κ3) is 3.94. The molecule has 0 aliphatic rings. The van der Waals surface area contributed by atoms with Gasteiger partial charge in [-0.3, -0.25) is 0 Å². The molecule has 0 amide bonds. The van der Waals surface area contributed by atoms with Gasteiger partial charge in [0.15, 0.2) is 0 Å². The average Bonchev–Trinajstić information content (AvgIpc) is 2.91. The van der Waals surface area contributed by atoms with Crippen LogP contribution in [0.1, 0.15) is 16.8 Å². The number of nitrogens with two attached hydrogens (primary N) is 1. The zero-order valence-corrected chi connectivity index (χ0v) is 13.9. The Bertz CT molecular complexity index is 856. The molecule has 5 nitrogen and oxygen atoms in total. The van der Waals surface area contributed by atoms with Crippen LogP contribution in [0.15, 0.2) is 59.8 Å². The van der Waals surface area contributed by atoms with E-state index in [0.29, 0.717) is 17.6 Å². The van der Waals surface area contributed by atoms with Crippen LogP contribution in [0.25, 0.3) is 0 Å². The Labute approximate surface area is 145 Å². The van der Waals surface area contributed by atoms with Gasteiger partial charge in [-0.05, 0) is 42.8 Å². The molecule has 1 aromatic heterocycles. The third-order valence-corrected chi connectivity index (χ3v) is 3.77. The smallest absolute Gasteiger partial charge is 0.221 e. The maximum absolute atomic E-state index is 6.11. The summed E-state index contributed by atoms with van der Waals surface area (Å²) >= 11 is 6.11. The van der Waals surface area contributed by atoms with E-state index < -0.39 is 0 Å². The summed E-state index contributed by atoms with van der Waals surface area (Å²) in [5, 5.41) is 4.98. The first-order valence-corrected chi connectivity index (χ1v) is 7.82. The van der Waals surface area contributed by atoms with E-state index in [9.17, 15) is 0 Å². The molecule has 0 atom stereocenters. The minimum absolute atomic E-state index is 0.364. The van der Waals surface area contributed by atoms with Crippen molar-refractivity contribution in [1.82, 2.24) is 9.66 Å². The van der Waals surface area contributed by atoms with Crippen molar-refractivity contribution in [2.24, 2.45) is 5.10 Å². The van der Waals surface area contributed by atoms with Gasteiger partial charge < -0.3 is 10.5 Å². The molecule has 6 heteroatoms. The van der Waals surface area contributed by atoms with Crippen LogP contribution < -0.4 is 10.5 Å². The van der Waals surface area contributed by atoms with Crippen molar-refractivity contribution in [2.45, 2.75) is 13.5 Å². The fourth-order valence-electron chi connectivity index (χ4n) is 2.15. The summed E-state index contributed by atoms with van der Waals surface area (Å²) in [5.41, 5.74) is 8.46. The van der Waals surface area contributed by atoms with Crippen LogP contribution in [0.5, 0.6) is 5.75 Å². The van der Waals surface area contributed by atoms with E-state index in [2.05, 4.69) is 10.1 Å². The van der Waals surface area contributed by atoms with E-state index >= 15 is 0 Å². The predicted octanol–water partition coefficient (Wildman–Crippen LogP) is 3.89. The molecular weight excluding hydrogens is 324 g/mol. The van der Waals surface area contributed by atoms with Crippen LogP contribution in [0, 0.1) is 6.92 Å². The van der Waals surface area contributed by atoms with E-state index in [-0.39, 0.29) is 0 Å². The lowest BCUT2D eigenvalue weighted by molar-refractivity contribution is 0.306. The molecule has 0 aliphatic heterocycles. The van der Waals surface area contributed by atoms with Crippen LogP contribution in [0.3, 0.4) is 0 Å². The van der Waals surface area contributed by atoms with Crippen molar-refractivity contribution >= 4 is 23.8 Å². The second kappa shape index (κ2) is 7.19. The summed E-state index contributed by atoms with van der Waals surface area (Å²) in [7, 11) is 0. The highest BCUT2D eigenvalue weighted by Crippen LogP contribution is 2.18. The Hall–Kier alpha value is -2.79. The van der Waals surface area contributed by atoms with Gasteiger partial charge in [-0.25, -0.2) is 9.66 Å². The number of aryl methyl sites for hydroxylation is 1. The van der Waals surface area contributed by atoms with Crippen LogP contribution in [0.2, 0.25) is 5.02 Å². The molecule has 1 heterocycles. The minimum atomic E-state index is 0.364. The fraction of sp³-hybridized carbons (Fsp3) is 0.111. The number of anilines is 1. The number of rotatable bonds is 5. The van der Waals surface area contributed by atoms with Gasteiger partial charge in [0.05, 0.1) is 18.1 Å². The maximum Gasteiger partial charge on any atom is 0.221 e. The fourth-order valence-corrected chi connectivity index (χ4v) is 2.34. The van der Waals surface area contributed by atoms with Crippen molar-refractivity contribution in [1.29, 1.82) is 0 Å². The summed E-state index contributed by atoms with van der Waals surface area (Å²) in [6.45, 7) is 2.30. The van der Waals surface area contributed by atoms with Gasteiger partial charge >= 0.3 is 0 Å². The summed E-state index contributed by atoms with van der Waals surface area (Å²) < 4.78 is 7.29. The first-order chi connectivity index (χ1) is 11.6. The third-order valence-electron chi connectivity index (χ3n) is 3.40. The quantitative estimate of drug-likeness (QED) is 0.716. The lowest BCUT2D eigenvalue weighted by atomic mass is 10.2. The summed E-state index contributed by atoms with van der Waals surface area (Å²) in [5.74, 6) is 1.13. The highest BCUT2D eigenvalue weighted by atomic mass is 35.5. The Kier molecular flexibility index (Phi) is 4.82. The van der Waals surface area contributed by atoms with E-state index in [4.69, 9.17) is 22.1 Å². The van der Waals surface area contributed by atoms with Crippen molar-refractivity contribution in [2.75, 3.05) is 5.73 Å². The van der Waals surface area contributed by atoms with E-state index in [0.717, 1.165) is 22.6 Å². The van der Waals surface area contributed by atoms with Gasteiger partial charge in [0, 0.05) is 10.6 Å². The van der Waals surface area contributed by atoms with Crippen LogP contribution in [-0.4, -0.2) is 15.9 Å². The molecule has 24 heavy (non-hydrogen) atoms. The Morgan fingerprint density at radius 3 is 2.62 bits per heavy atom. The van der Waals surface area contributed by atoms with Crippen molar-refractivity contribution in [3.05, 3.63) is 76.6 Å². The first kappa shape index (κ1) is 16.1. The van der Waals surface area contributed by atoms with Crippen molar-refractivity contribution < 1.29 is 4.74 Å². The van der Waals surface area contributed by atoms with Crippen LogP contribution in [-0.2, 0) is 6.61 Å². The van der Waals surface area contributed by atoms with E-state index in [1.165, 1.54) is 4.68 Å². The lowest BCUT2D eigenvalue weighted by Crippen LogP contribution is -1.97. The zero-order chi connectivity index (χ0) is 16.9. The lowest BCUT2D eigenvalue weighted by Gasteiger charge is -2.07. The number of imidazole rings is 1. The Morgan fingerprint density at radius 2 is 1.96 bits per heavy atom. The highest BCUT2D eigenvalue weighted by Gasteiger charge is 2.01. The molecule has 2 N–H and O–H groups in total. The zero-order valence-electron chi connectivity index (χ0n) is 13.2. The number of hydrogen-bond acceptors (Lipinski definition) is 4. The number of halogens is 1. The van der Waals surface area contributed by atoms with Crippen LogP contribution >= 0.6 is 11.6 Å². The van der Waals surface area contributed by atoms with Gasteiger partial charge in [-0.1, -0.05) is 29.8 Å². The molecular formula is C18H17ClN4O. The second-order valence-corrected chi connectivity index (χ2v) is 5.69. The normalized spacial score (nSPS) is 11.1. The number of nitrogen functional groups attached to an aromatic ring is 1. The summed E-state index contributed by atoms with van der Waals surface area (Å²) in [4.78, 5) is 4.09. The molecule has 0 spiro atoms. The molecule has 0 saturated heterocycles. The van der Waals surface area contributed by atoms with Crippen LogP contribution in [0.4, 0.5) is 5.95 Å². The second-order valence-electron chi connectivity index (χ2n) is 5.28. The maximum atomic E-state index is 6.11. The standard InChI is InChI=1S/C18H17ClN4O/c1-13-11-23(18(20)22-13)21-10-14-6-8-16(9-7-14)24-12-15-4-2-3-5-17(15)19/h2-11H,12H2,1H3,(H2,20,22). The number of benzene rings is 2. The average molecular weight is 341 g/mol. The number of nitrogens with zero attached hydrogens (tertiary/aromatic N) is 3. The monoisotopic (exact) mass is 340 g/mol. The topological polar surface area (TPSA) is 65.4 Å². The molecule has 0 radical (unpaired) electrons. The van der Waals surface area contributed by atoms with Gasteiger partial charge in [-0.15, -0.1) is 0 Å². The summed E-state index contributed by atoms with van der Waals surface area (Å²) in [6, 6.07) is 15.3. The first-order valence-electron chi connectivity index (χ1n) is 7.44. The molecule has 0 saturated carbocycles. The molecule has 3 aromatic rings. The Morgan fingerprint density at radius 1 is 1.21 bits per heavy atom. The summed E-state index contributed by atoms with van der Waals surface area (Å²) in [6.07, 6.45) is 3.49. The largest absolute Gasteiger partial charge is 0.489 e. The van der Waals surface area contributed by atoms with Gasteiger partial charge in [0.25, 0.3) is 0 Å². The molecule has 0 unspecified atom stereocenters. The molecule has 0 aliphatic carbocycles. The predicted molar refractivity (Wildman–Crippen MR) is 96.6 cm³/mol. The Balaban J connectivity index is 1.63. The van der Waals surface area contributed by atoms with Crippen molar-refractivity contribution in [3.8, 4) is 5.75 Å². The van der Waals surface area contributed by atoms with Gasteiger partial charge in [-0.2, -0.15) is 5.10 Å². The van der Waals surface area contributed by atoms with Gasteiger partial charge in [0.1, 0.15) is 12.4 Å². The molecule has 2 aromatic carbocycles. The molecule has 0 fully saturated rings. The van der Waals surface area contributed by atoms with E-state index in [1.807, 2.05) is 55.5 Å². The number of aromatic nitrogens is 2. The van der Waals surface area contributed by atoms with E-state index in [1.54, 1.807) is 12.4 Å². The molecule has 3 rings (SSSR count). The number of hydrogen-bond donors (Lipinski definition) is 1. The highest BCUT2D eigenvalue weighted by molar-refractivity contribution is 6.31. The van der Waals surface area contributed by atoms with Gasteiger partial charge in [0.2, 0.25) is 5.95 Å². The number of ether oxygens (including phenoxy) is 1. The molecule has 0 bridgehead atoms. The SMILES string of the molecule is Cc1cn(N=Cc2ccc(OCc3ccccc3Cl)cc2)c(N)n1. The minimum Gasteiger partial charge on any atom is -0.489 e.